The number of nitrogens with one attached hydrogen (secondary N) is 1. The van der Waals surface area contributed by atoms with E-state index in [9.17, 15) is 4.39 Å². The fourth-order valence-electron chi connectivity index (χ4n) is 1.95. The molecular formula is C15H22FNO3. The molecular weight excluding hydrogens is 261 g/mol. The lowest BCUT2D eigenvalue weighted by molar-refractivity contribution is 0.00811. The third-order valence-corrected chi connectivity index (χ3v) is 3.31. The molecule has 0 amide bonds. The molecule has 0 aliphatic heterocycles. The molecule has 0 atom stereocenters. The molecule has 0 spiro atoms. The molecule has 1 aliphatic rings. The summed E-state index contributed by atoms with van der Waals surface area (Å²) in [6.45, 7) is 2.20. The number of rotatable bonds is 9. The Hall–Kier alpha value is -1.33. The first-order valence-electron chi connectivity index (χ1n) is 7.06. The Morgan fingerprint density at radius 1 is 1.25 bits per heavy atom. The van der Waals surface area contributed by atoms with E-state index < -0.39 is 0 Å². The van der Waals surface area contributed by atoms with Gasteiger partial charge in [-0.2, -0.15) is 0 Å². The number of methoxy groups -OCH3 is 1. The van der Waals surface area contributed by atoms with Crippen LogP contribution in [0, 0.1) is 5.82 Å². The monoisotopic (exact) mass is 283 g/mol. The van der Waals surface area contributed by atoms with E-state index in [2.05, 4.69) is 5.32 Å². The van der Waals surface area contributed by atoms with E-state index in [0.717, 1.165) is 12.8 Å². The highest BCUT2D eigenvalue weighted by Crippen LogP contribution is 2.25. The van der Waals surface area contributed by atoms with Crippen LogP contribution in [0.15, 0.2) is 18.2 Å². The number of hydrogen-bond donors (Lipinski definition) is 1. The van der Waals surface area contributed by atoms with Gasteiger partial charge in [-0.3, -0.25) is 0 Å². The van der Waals surface area contributed by atoms with Gasteiger partial charge in [0.05, 0.1) is 25.0 Å². The van der Waals surface area contributed by atoms with Crippen LogP contribution in [-0.4, -0.2) is 39.6 Å². The quantitative estimate of drug-likeness (QED) is 0.707. The predicted molar refractivity (Wildman–Crippen MR) is 75.9 cm³/mol. The van der Waals surface area contributed by atoms with Crippen molar-refractivity contribution < 1.29 is 18.6 Å². The third-order valence-electron chi connectivity index (χ3n) is 3.31. The molecule has 0 unspecified atom stereocenters. The molecule has 1 aliphatic carbocycles. The fourth-order valence-corrected chi connectivity index (χ4v) is 1.95. The van der Waals surface area contributed by atoms with Crippen molar-refractivity contribution in [1.29, 1.82) is 0 Å². The first-order chi connectivity index (χ1) is 9.79. The number of halogens is 1. The van der Waals surface area contributed by atoms with Gasteiger partial charge in [0, 0.05) is 19.7 Å². The van der Waals surface area contributed by atoms with Crippen molar-refractivity contribution in [1.82, 2.24) is 0 Å². The highest BCUT2D eigenvalue weighted by atomic mass is 19.1. The lowest BCUT2D eigenvalue weighted by Gasteiger charge is -2.25. The predicted octanol–water partition coefficient (Wildman–Crippen LogP) is 2.83. The second kappa shape index (κ2) is 8.07. The molecule has 0 radical (unpaired) electrons. The maximum absolute atomic E-state index is 13.3. The number of anilines is 1. The molecule has 1 aromatic rings. The van der Waals surface area contributed by atoms with Crippen molar-refractivity contribution in [2.45, 2.75) is 25.4 Å². The zero-order chi connectivity index (χ0) is 14.2. The summed E-state index contributed by atoms with van der Waals surface area (Å²) in [6.07, 6.45) is 4.00. The summed E-state index contributed by atoms with van der Waals surface area (Å²) in [5.74, 6) is 0.346. The Labute approximate surface area is 119 Å². The Kier molecular flexibility index (Phi) is 6.08. The third kappa shape index (κ3) is 4.65. The Balaban J connectivity index is 1.78. The van der Waals surface area contributed by atoms with Crippen LogP contribution in [-0.2, 0) is 9.47 Å². The normalized spacial score (nSPS) is 14.9. The molecule has 1 fully saturated rings. The van der Waals surface area contributed by atoms with Crippen LogP contribution < -0.4 is 10.1 Å². The summed E-state index contributed by atoms with van der Waals surface area (Å²) in [5, 5.41) is 3.15. The molecule has 1 aromatic carbocycles. The van der Waals surface area contributed by atoms with Crippen molar-refractivity contribution in [2.75, 3.05) is 38.8 Å². The van der Waals surface area contributed by atoms with Crippen LogP contribution in [0.2, 0.25) is 0 Å². The maximum atomic E-state index is 13.3. The van der Waals surface area contributed by atoms with E-state index in [1.807, 2.05) is 0 Å². The van der Waals surface area contributed by atoms with Gasteiger partial charge in [-0.05, 0) is 31.4 Å². The van der Waals surface area contributed by atoms with Gasteiger partial charge in [-0.15, -0.1) is 0 Å². The summed E-state index contributed by atoms with van der Waals surface area (Å²) in [7, 11) is 1.62. The average molecular weight is 283 g/mol. The summed E-state index contributed by atoms with van der Waals surface area (Å²) in [4.78, 5) is 0. The van der Waals surface area contributed by atoms with Gasteiger partial charge in [-0.1, -0.05) is 0 Å². The minimum atomic E-state index is -0.286. The van der Waals surface area contributed by atoms with Gasteiger partial charge in [0.15, 0.2) is 0 Å². The Morgan fingerprint density at radius 2 is 2.10 bits per heavy atom. The van der Waals surface area contributed by atoms with Crippen LogP contribution in [0.3, 0.4) is 0 Å². The summed E-state index contributed by atoms with van der Waals surface area (Å²) < 4.78 is 29.4. The van der Waals surface area contributed by atoms with Crippen LogP contribution >= 0.6 is 0 Å². The van der Waals surface area contributed by atoms with Gasteiger partial charge >= 0.3 is 0 Å². The molecule has 0 bridgehead atoms. The van der Waals surface area contributed by atoms with Crippen molar-refractivity contribution in [3.05, 3.63) is 24.0 Å². The van der Waals surface area contributed by atoms with Gasteiger partial charge in [0.1, 0.15) is 18.2 Å². The molecule has 0 aromatic heterocycles. The van der Waals surface area contributed by atoms with E-state index in [0.29, 0.717) is 43.9 Å². The average Bonchev–Trinajstić information content (AvgIpc) is 2.39. The molecule has 1 N–H and O–H groups in total. The number of hydrogen-bond acceptors (Lipinski definition) is 4. The van der Waals surface area contributed by atoms with Gasteiger partial charge < -0.3 is 19.5 Å². The van der Waals surface area contributed by atoms with Crippen molar-refractivity contribution >= 4 is 5.69 Å². The molecule has 2 rings (SSSR count). The molecule has 0 heterocycles. The van der Waals surface area contributed by atoms with Gasteiger partial charge in [0.25, 0.3) is 0 Å². The Morgan fingerprint density at radius 3 is 2.80 bits per heavy atom. The lowest BCUT2D eigenvalue weighted by atomic mass is 9.96. The van der Waals surface area contributed by atoms with Gasteiger partial charge in [0.2, 0.25) is 0 Å². The molecule has 20 heavy (non-hydrogen) atoms. The van der Waals surface area contributed by atoms with Crippen molar-refractivity contribution in [2.24, 2.45) is 0 Å². The summed E-state index contributed by atoms with van der Waals surface area (Å²) >= 11 is 0. The smallest absolute Gasteiger partial charge is 0.142 e. The zero-order valence-corrected chi connectivity index (χ0v) is 11.9. The van der Waals surface area contributed by atoms with Crippen LogP contribution in [0.4, 0.5) is 10.1 Å². The molecule has 0 saturated heterocycles. The fraction of sp³-hybridized carbons (Fsp3) is 0.600. The molecule has 4 nitrogen and oxygen atoms in total. The number of ether oxygens (including phenoxy) is 3. The largest absolute Gasteiger partial charge is 0.489 e. The molecule has 5 heteroatoms. The minimum Gasteiger partial charge on any atom is -0.489 e. The van der Waals surface area contributed by atoms with E-state index in [4.69, 9.17) is 14.2 Å². The molecule has 112 valence electrons. The second-order valence-corrected chi connectivity index (χ2v) is 4.83. The van der Waals surface area contributed by atoms with E-state index in [1.54, 1.807) is 13.2 Å². The molecule has 1 saturated carbocycles. The minimum absolute atomic E-state index is 0.286. The highest BCUT2D eigenvalue weighted by Gasteiger charge is 2.17. The maximum Gasteiger partial charge on any atom is 0.142 e. The van der Waals surface area contributed by atoms with Crippen LogP contribution in [0.1, 0.15) is 19.3 Å². The van der Waals surface area contributed by atoms with E-state index >= 15 is 0 Å². The first-order valence-corrected chi connectivity index (χ1v) is 7.06. The van der Waals surface area contributed by atoms with Crippen LogP contribution in [0.25, 0.3) is 0 Å². The highest BCUT2D eigenvalue weighted by molar-refractivity contribution is 5.56. The van der Waals surface area contributed by atoms with Crippen molar-refractivity contribution in [3.8, 4) is 5.75 Å². The SMILES string of the molecule is COCCOc1ccc(F)cc1NCCOC1CCC1. The standard InChI is InChI=1S/C15H22FNO3/c1-18-9-10-20-15-6-5-12(16)11-14(15)17-7-8-19-13-3-2-4-13/h5-6,11,13,17H,2-4,7-10H2,1H3. The topological polar surface area (TPSA) is 39.7 Å². The Bertz CT molecular complexity index is 410. The van der Waals surface area contributed by atoms with Gasteiger partial charge in [-0.25, -0.2) is 4.39 Å². The number of benzene rings is 1. The van der Waals surface area contributed by atoms with Crippen LogP contribution in [0.5, 0.6) is 5.75 Å². The first kappa shape index (κ1) is 15.1. The summed E-state index contributed by atoms with van der Waals surface area (Å²) in [5.41, 5.74) is 0.651. The van der Waals surface area contributed by atoms with Crippen molar-refractivity contribution in [3.63, 3.8) is 0 Å². The zero-order valence-electron chi connectivity index (χ0n) is 11.9. The van der Waals surface area contributed by atoms with E-state index in [-0.39, 0.29) is 5.82 Å². The second-order valence-electron chi connectivity index (χ2n) is 4.83. The lowest BCUT2D eigenvalue weighted by Crippen LogP contribution is -2.24. The summed E-state index contributed by atoms with van der Waals surface area (Å²) in [6, 6.07) is 4.45. The van der Waals surface area contributed by atoms with E-state index in [1.165, 1.54) is 18.6 Å².